The highest BCUT2D eigenvalue weighted by atomic mass is 16.5. The monoisotopic (exact) mass is 184 g/mol. The van der Waals surface area contributed by atoms with E-state index in [0.29, 0.717) is 13.0 Å². The van der Waals surface area contributed by atoms with Crippen LogP contribution in [0.2, 0.25) is 0 Å². The Bertz CT molecular complexity index is 150. The van der Waals surface area contributed by atoms with Gasteiger partial charge < -0.3 is 4.74 Å². The van der Waals surface area contributed by atoms with E-state index < -0.39 is 0 Å². The fourth-order valence-corrected chi connectivity index (χ4v) is 0.948. The van der Waals surface area contributed by atoms with E-state index in [4.69, 9.17) is 4.74 Å². The van der Waals surface area contributed by atoms with Crippen LogP contribution in [-0.2, 0) is 9.53 Å². The maximum Gasteiger partial charge on any atom is 0.305 e. The number of hydrogen-bond donors (Lipinski definition) is 0. The van der Waals surface area contributed by atoms with Gasteiger partial charge in [0, 0.05) is 6.42 Å². The molecule has 0 unspecified atom stereocenters. The minimum absolute atomic E-state index is 0.0676. The zero-order valence-electron chi connectivity index (χ0n) is 8.71. The van der Waals surface area contributed by atoms with E-state index in [2.05, 4.69) is 19.1 Å². The van der Waals surface area contributed by atoms with Crippen LogP contribution in [0.3, 0.4) is 0 Å². The van der Waals surface area contributed by atoms with Crippen LogP contribution in [0.1, 0.15) is 46.0 Å². The van der Waals surface area contributed by atoms with Gasteiger partial charge in [0.05, 0.1) is 6.61 Å². The van der Waals surface area contributed by atoms with E-state index in [1.807, 2.05) is 6.92 Å². The third kappa shape index (κ3) is 9.12. The lowest BCUT2D eigenvalue weighted by molar-refractivity contribution is -0.143. The summed E-state index contributed by atoms with van der Waals surface area (Å²) in [6.07, 6.45) is 8.70. The number of carbonyl (C=O) groups is 1. The largest absolute Gasteiger partial charge is 0.466 e. The molecule has 0 amide bonds. The number of unbranched alkanes of at least 4 members (excludes halogenated alkanes) is 1. The second kappa shape index (κ2) is 9.30. The average Bonchev–Trinajstić information content (AvgIpc) is 2.11. The van der Waals surface area contributed by atoms with Crippen molar-refractivity contribution in [2.75, 3.05) is 6.61 Å². The number of hydrogen-bond acceptors (Lipinski definition) is 2. The molecule has 0 saturated heterocycles. The molecule has 0 rings (SSSR count). The van der Waals surface area contributed by atoms with Crippen LogP contribution in [0.5, 0.6) is 0 Å². The second-order valence-corrected chi connectivity index (χ2v) is 2.99. The van der Waals surface area contributed by atoms with E-state index >= 15 is 0 Å². The number of carbonyl (C=O) groups excluding carboxylic acids is 1. The third-order valence-corrected chi connectivity index (χ3v) is 1.63. The molecule has 0 bridgehead atoms. The van der Waals surface area contributed by atoms with E-state index in [1.54, 1.807) is 0 Å². The molecule has 0 saturated carbocycles. The number of rotatable bonds is 7. The van der Waals surface area contributed by atoms with E-state index in [-0.39, 0.29) is 5.97 Å². The predicted octanol–water partition coefficient (Wildman–Crippen LogP) is 3.08. The molecule has 0 aromatic carbocycles. The molecule has 0 aromatic heterocycles. The lowest BCUT2D eigenvalue weighted by Crippen LogP contribution is -2.04. The Balaban J connectivity index is 3.15. The standard InChI is InChI=1S/C11H20O2/c1-3-5-6-7-8-10-13-11(12)9-4-2/h5-6H,3-4,7-10H2,1-2H3/b6-5+. The predicted molar refractivity (Wildman–Crippen MR) is 54.5 cm³/mol. The normalized spacial score (nSPS) is 10.6. The summed E-state index contributed by atoms with van der Waals surface area (Å²) in [5.74, 6) is -0.0676. The molecule has 0 atom stereocenters. The molecular formula is C11H20O2. The summed E-state index contributed by atoms with van der Waals surface area (Å²) in [5.41, 5.74) is 0. The first-order valence-electron chi connectivity index (χ1n) is 5.11. The van der Waals surface area contributed by atoms with Gasteiger partial charge in [-0.25, -0.2) is 0 Å². The van der Waals surface area contributed by atoms with Crippen LogP contribution in [0.4, 0.5) is 0 Å². The van der Waals surface area contributed by atoms with E-state index in [1.165, 1.54) is 0 Å². The molecule has 0 fully saturated rings. The van der Waals surface area contributed by atoms with Crippen molar-refractivity contribution in [3.63, 3.8) is 0 Å². The molecule has 2 nitrogen and oxygen atoms in total. The molecule has 0 heterocycles. The quantitative estimate of drug-likeness (QED) is 0.345. The summed E-state index contributed by atoms with van der Waals surface area (Å²) >= 11 is 0. The Morgan fingerprint density at radius 3 is 2.69 bits per heavy atom. The first kappa shape index (κ1) is 12.2. The van der Waals surface area contributed by atoms with Gasteiger partial charge in [-0.1, -0.05) is 26.0 Å². The van der Waals surface area contributed by atoms with Crippen molar-refractivity contribution in [2.45, 2.75) is 46.0 Å². The maximum atomic E-state index is 10.9. The summed E-state index contributed by atoms with van der Waals surface area (Å²) in [6, 6.07) is 0. The first-order chi connectivity index (χ1) is 6.31. The topological polar surface area (TPSA) is 26.3 Å². The molecule has 2 heteroatoms. The summed E-state index contributed by atoms with van der Waals surface area (Å²) in [6.45, 7) is 4.65. The highest BCUT2D eigenvalue weighted by Crippen LogP contribution is 1.96. The number of ether oxygens (including phenoxy) is 1. The second-order valence-electron chi connectivity index (χ2n) is 2.99. The Labute approximate surface area is 81.0 Å². The van der Waals surface area contributed by atoms with Gasteiger partial charge in [0.2, 0.25) is 0 Å². The van der Waals surface area contributed by atoms with Gasteiger partial charge in [0.1, 0.15) is 0 Å². The maximum absolute atomic E-state index is 10.9. The SMILES string of the molecule is CC/C=C/CCCOC(=O)CCC. The summed E-state index contributed by atoms with van der Waals surface area (Å²) < 4.78 is 4.99. The van der Waals surface area contributed by atoms with Gasteiger partial charge in [-0.05, 0) is 25.7 Å². The van der Waals surface area contributed by atoms with Gasteiger partial charge in [0.25, 0.3) is 0 Å². The minimum atomic E-state index is -0.0676. The van der Waals surface area contributed by atoms with Crippen molar-refractivity contribution in [1.82, 2.24) is 0 Å². The van der Waals surface area contributed by atoms with Crippen LogP contribution < -0.4 is 0 Å². The molecule has 0 spiro atoms. The molecule has 0 aliphatic rings. The van der Waals surface area contributed by atoms with Crippen molar-refractivity contribution in [3.8, 4) is 0 Å². The van der Waals surface area contributed by atoms with Gasteiger partial charge in [-0.2, -0.15) is 0 Å². The lowest BCUT2D eigenvalue weighted by Gasteiger charge is -2.01. The lowest BCUT2D eigenvalue weighted by atomic mass is 10.3. The highest BCUT2D eigenvalue weighted by Gasteiger charge is 1.98. The minimum Gasteiger partial charge on any atom is -0.466 e. The Morgan fingerprint density at radius 1 is 1.31 bits per heavy atom. The van der Waals surface area contributed by atoms with Crippen LogP contribution in [0.25, 0.3) is 0 Å². The van der Waals surface area contributed by atoms with Crippen LogP contribution in [0, 0.1) is 0 Å². The number of esters is 1. The molecule has 0 radical (unpaired) electrons. The molecular weight excluding hydrogens is 164 g/mol. The fourth-order valence-electron chi connectivity index (χ4n) is 0.948. The van der Waals surface area contributed by atoms with Gasteiger partial charge >= 0.3 is 5.97 Å². The van der Waals surface area contributed by atoms with Crippen LogP contribution in [0.15, 0.2) is 12.2 Å². The van der Waals surface area contributed by atoms with Crippen molar-refractivity contribution >= 4 is 5.97 Å². The molecule has 0 aliphatic carbocycles. The van der Waals surface area contributed by atoms with Gasteiger partial charge in [0.15, 0.2) is 0 Å². The third-order valence-electron chi connectivity index (χ3n) is 1.63. The molecule has 0 aromatic rings. The summed E-state index contributed by atoms with van der Waals surface area (Å²) in [7, 11) is 0. The van der Waals surface area contributed by atoms with Crippen LogP contribution >= 0.6 is 0 Å². The van der Waals surface area contributed by atoms with Crippen molar-refractivity contribution in [3.05, 3.63) is 12.2 Å². The number of allylic oxidation sites excluding steroid dienone is 2. The molecule has 76 valence electrons. The van der Waals surface area contributed by atoms with Crippen LogP contribution in [-0.4, -0.2) is 12.6 Å². The van der Waals surface area contributed by atoms with Gasteiger partial charge in [-0.3, -0.25) is 4.79 Å². The van der Waals surface area contributed by atoms with Crippen molar-refractivity contribution in [1.29, 1.82) is 0 Å². The molecule has 13 heavy (non-hydrogen) atoms. The Morgan fingerprint density at radius 2 is 2.08 bits per heavy atom. The summed E-state index contributed by atoms with van der Waals surface area (Å²) in [5, 5.41) is 0. The Kier molecular flexibility index (Phi) is 8.73. The van der Waals surface area contributed by atoms with E-state index in [9.17, 15) is 4.79 Å². The fraction of sp³-hybridized carbons (Fsp3) is 0.727. The van der Waals surface area contributed by atoms with E-state index in [0.717, 1.165) is 25.7 Å². The Hall–Kier alpha value is -0.790. The highest BCUT2D eigenvalue weighted by molar-refractivity contribution is 5.69. The first-order valence-corrected chi connectivity index (χ1v) is 5.11. The zero-order chi connectivity index (χ0) is 9.94. The van der Waals surface area contributed by atoms with Gasteiger partial charge in [-0.15, -0.1) is 0 Å². The summed E-state index contributed by atoms with van der Waals surface area (Å²) in [4.78, 5) is 10.9. The van der Waals surface area contributed by atoms with Crippen molar-refractivity contribution in [2.24, 2.45) is 0 Å². The average molecular weight is 184 g/mol. The van der Waals surface area contributed by atoms with Crippen molar-refractivity contribution < 1.29 is 9.53 Å². The molecule has 0 N–H and O–H groups in total. The smallest absolute Gasteiger partial charge is 0.305 e. The zero-order valence-corrected chi connectivity index (χ0v) is 8.71. The molecule has 0 aliphatic heterocycles.